The Kier molecular flexibility index (Phi) is 3.38. The second-order valence-corrected chi connectivity index (χ2v) is 4.08. The second kappa shape index (κ2) is 4.95. The Bertz CT molecular complexity index is 472. The molecule has 0 aliphatic heterocycles. The zero-order valence-electron chi connectivity index (χ0n) is 9.73. The first-order valence-corrected chi connectivity index (χ1v) is 5.68. The molecule has 88 valence electrons. The lowest BCUT2D eigenvalue weighted by Crippen LogP contribution is -2.14. The Morgan fingerprint density at radius 3 is 2.59 bits per heavy atom. The summed E-state index contributed by atoms with van der Waals surface area (Å²) in [4.78, 5) is 23.3. The number of benzene rings is 1. The first-order chi connectivity index (χ1) is 8.18. The molecule has 0 amide bonds. The van der Waals surface area contributed by atoms with E-state index in [9.17, 15) is 9.59 Å². The summed E-state index contributed by atoms with van der Waals surface area (Å²) < 4.78 is 5.28. The lowest BCUT2D eigenvalue weighted by Gasteiger charge is -2.16. The fourth-order valence-corrected chi connectivity index (χ4v) is 1.81. The van der Waals surface area contributed by atoms with Gasteiger partial charge in [-0.25, -0.2) is 4.79 Å². The molecule has 0 N–H and O–H groups in total. The van der Waals surface area contributed by atoms with Crippen LogP contribution < -0.4 is 0 Å². The Labute approximate surface area is 100 Å². The predicted octanol–water partition coefficient (Wildman–Crippen LogP) is 2.87. The van der Waals surface area contributed by atoms with Crippen molar-refractivity contribution in [3.63, 3.8) is 0 Å². The van der Waals surface area contributed by atoms with Gasteiger partial charge in [-0.15, -0.1) is 0 Å². The number of ether oxygens (including phenoxy) is 1. The Morgan fingerprint density at radius 1 is 1.18 bits per heavy atom. The van der Waals surface area contributed by atoms with Crippen molar-refractivity contribution in [1.82, 2.24) is 0 Å². The highest BCUT2D eigenvalue weighted by molar-refractivity contribution is 5.97. The quantitative estimate of drug-likeness (QED) is 0.734. The van der Waals surface area contributed by atoms with Gasteiger partial charge in [0.15, 0.2) is 5.78 Å². The summed E-state index contributed by atoms with van der Waals surface area (Å²) in [6, 6.07) is 8.80. The lowest BCUT2D eigenvalue weighted by atomic mass is 9.98. The van der Waals surface area contributed by atoms with Crippen molar-refractivity contribution in [3.8, 4) is 0 Å². The van der Waals surface area contributed by atoms with E-state index in [1.54, 1.807) is 31.2 Å². The highest BCUT2D eigenvalue weighted by Crippen LogP contribution is 2.23. The van der Waals surface area contributed by atoms with Gasteiger partial charge >= 0.3 is 5.97 Å². The molecule has 1 aromatic carbocycles. The summed E-state index contributed by atoms with van der Waals surface area (Å²) in [6.07, 6.45) is 1.97. The molecule has 0 bridgehead atoms. The maximum absolute atomic E-state index is 11.8. The van der Waals surface area contributed by atoms with Crippen molar-refractivity contribution in [2.75, 3.05) is 0 Å². The summed E-state index contributed by atoms with van der Waals surface area (Å²) in [5.74, 6) is 0.205. The molecular weight excluding hydrogens is 216 g/mol. The molecule has 1 aliphatic carbocycles. The zero-order chi connectivity index (χ0) is 12.3. The standard InChI is InChI=1S/C14H14O3/c1-10-12(15)8-5-9-13(10)17-14(16)11-6-3-2-4-7-11/h2-4,6-7H,5,8-9H2,1H3. The number of allylic oxidation sites excluding steroid dienone is 2. The van der Waals surface area contributed by atoms with Gasteiger partial charge < -0.3 is 4.74 Å². The van der Waals surface area contributed by atoms with Crippen molar-refractivity contribution in [2.24, 2.45) is 0 Å². The normalized spacial score (nSPS) is 15.9. The number of Topliss-reactive ketones (excluding diaryl/α,β-unsaturated/α-hetero) is 1. The molecule has 0 atom stereocenters. The number of hydrogen-bond acceptors (Lipinski definition) is 3. The Morgan fingerprint density at radius 2 is 1.88 bits per heavy atom. The van der Waals surface area contributed by atoms with Gasteiger partial charge in [-0.2, -0.15) is 0 Å². The fourth-order valence-electron chi connectivity index (χ4n) is 1.81. The zero-order valence-corrected chi connectivity index (χ0v) is 9.73. The maximum Gasteiger partial charge on any atom is 0.343 e. The van der Waals surface area contributed by atoms with Crippen LogP contribution in [0.5, 0.6) is 0 Å². The first kappa shape index (κ1) is 11.6. The first-order valence-electron chi connectivity index (χ1n) is 5.68. The van der Waals surface area contributed by atoms with Crippen LogP contribution in [0.1, 0.15) is 36.5 Å². The van der Waals surface area contributed by atoms with Crippen molar-refractivity contribution in [3.05, 3.63) is 47.2 Å². The summed E-state index contributed by atoms with van der Waals surface area (Å²) in [5, 5.41) is 0. The molecule has 0 radical (unpaired) electrons. The van der Waals surface area contributed by atoms with E-state index < -0.39 is 5.97 Å². The van der Waals surface area contributed by atoms with Crippen LogP contribution in [-0.4, -0.2) is 11.8 Å². The molecule has 0 fully saturated rings. The third kappa shape index (κ3) is 2.61. The number of carbonyl (C=O) groups excluding carboxylic acids is 2. The minimum Gasteiger partial charge on any atom is -0.427 e. The van der Waals surface area contributed by atoms with Gasteiger partial charge in [-0.05, 0) is 25.5 Å². The molecule has 0 heterocycles. The molecular formula is C14H14O3. The Hall–Kier alpha value is -1.90. The third-order valence-electron chi connectivity index (χ3n) is 2.87. The van der Waals surface area contributed by atoms with Gasteiger partial charge in [0.05, 0.1) is 5.56 Å². The van der Waals surface area contributed by atoms with Gasteiger partial charge in [-0.1, -0.05) is 18.2 Å². The summed E-state index contributed by atoms with van der Waals surface area (Å²) in [6.45, 7) is 1.72. The average molecular weight is 230 g/mol. The van der Waals surface area contributed by atoms with Crippen molar-refractivity contribution < 1.29 is 14.3 Å². The predicted molar refractivity (Wildman–Crippen MR) is 63.4 cm³/mol. The van der Waals surface area contributed by atoms with Gasteiger partial charge in [-0.3, -0.25) is 4.79 Å². The van der Waals surface area contributed by atoms with Crippen LogP contribution in [0.15, 0.2) is 41.7 Å². The number of esters is 1. The van der Waals surface area contributed by atoms with E-state index in [0.29, 0.717) is 29.7 Å². The van der Waals surface area contributed by atoms with Crippen LogP contribution >= 0.6 is 0 Å². The van der Waals surface area contributed by atoms with Crippen molar-refractivity contribution in [2.45, 2.75) is 26.2 Å². The van der Waals surface area contributed by atoms with E-state index >= 15 is 0 Å². The molecule has 0 unspecified atom stereocenters. The van der Waals surface area contributed by atoms with Gasteiger partial charge in [0.2, 0.25) is 0 Å². The largest absolute Gasteiger partial charge is 0.427 e. The summed E-state index contributed by atoms with van der Waals surface area (Å²) in [7, 11) is 0. The van der Waals surface area contributed by atoms with Crippen LogP contribution in [0, 0.1) is 0 Å². The lowest BCUT2D eigenvalue weighted by molar-refractivity contribution is -0.116. The topological polar surface area (TPSA) is 43.4 Å². The minimum absolute atomic E-state index is 0.0760. The molecule has 17 heavy (non-hydrogen) atoms. The smallest absolute Gasteiger partial charge is 0.343 e. The highest BCUT2D eigenvalue weighted by atomic mass is 16.5. The number of rotatable bonds is 2. The minimum atomic E-state index is -0.394. The monoisotopic (exact) mass is 230 g/mol. The molecule has 3 heteroatoms. The highest BCUT2D eigenvalue weighted by Gasteiger charge is 2.20. The van der Waals surface area contributed by atoms with Crippen molar-refractivity contribution in [1.29, 1.82) is 0 Å². The van der Waals surface area contributed by atoms with Gasteiger partial charge in [0, 0.05) is 18.4 Å². The van der Waals surface area contributed by atoms with Gasteiger partial charge in [0.1, 0.15) is 5.76 Å². The molecule has 2 rings (SSSR count). The summed E-state index contributed by atoms with van der Waals surface area (Å²) in [5.41, 5.74) is 1.09. The molecule has 0 saturated carbocycles. The van der Waals surface area contributed by atoms with Crippen LogP contribution in [0.3, 0.4) is 0 Å². The molecule has 0 aromatic heterocycles. The average Bonchev–Trinajstić information content (AvgIpc) is 2.36. The van der Waals surface area contributed by atoms with E-state index in [1.807, 2.05) is 6.07 Å². The van der Waals surface area contributed by atoms with Crippen LogP contribution in [0.25, 0.3) is 0 Å². The maximum atomic E-state index is 11.8. The number of ketones is 1. The van der Waals surface area contributed by atoms with Crippen LogP contribution in [0.2, 0.25) is 0 Å². The van der Waals surface area contributed by atoms with E-state index in [-0.39, 0.29) is 5.78 Å². The van der Waals surface area contributed by atoms with E-state index in [2.05, 4.69) is 0 Å². The number of hydrogen-bond donors (Lipinski definition) is 0. The van der Waals surface area contributed by atoms with Crippen molar-refractivity contribution >= 4 is 11.8 Å². The molecule has 1 aromatic rings. The van der Waals surface area contributed by atoms with E-state index in [1.165, 1.54) is 0 Å². The Balaban J connectivity index is 2.14. The molecule has 0 saturated heterocycles. The van der Waals surface area contributed by atoms with Crippen LogP contribution in [-0.2, 0) is 9.53 Å². The second-order valence-electron chi connectivity index (χ2n) is 4.08. The molecule has 0 spiro atoms. The third-order valence-corrected chi connectivity index (χ3v) is 2.87. The van der Waals surface area contributed by atoms with E-state index in [4.69, 9.17) is 4.74 Å². The van der Waals surface area contributed by atoms with E-state index in [0.717, 1.165) is 6.42 Å². The van der Waals surface area contributed by atoms with Crippen LogP contribution in [0.4, 0.5) is 0 Å². The fraction of sp³-hybridized carbons (Fsp3) is 0.286. The molecule has 1 aliphatic rings. The number of carbonyl (C=O) groups is 2. The van der Waals surface area contributed by atoms with Gasteiger partial charge in [0.25, 0.3) is 0 Å². The SMILES string of the molecule is CC1=C(OC(=O)c2ccccc2)CCCC1=O. The summed E-state index contributed by atoms with van der Waals surface area (Å²) >= 11 is 0. The molecule has 3 nitrogen and oxygen atoms in total.